The number of carbonyl (C=O) groups excluding carboxylic acids is 2. The van der Waals surface area contributed by atoms with Crippen LogP contribution in [0.2, 0.25) is 0 Å². The molecule has 2 bridgehead atoms. The van der Waals surface area contributed by atoms with E-state index in [0.29, 0.717) is 34.3 Å². The number of aliphatic hydroxyl groups is 1. The van der Waals surface area contributed by atoms with Crippen LogP contribution >= 0.6 is 0 Å². The molecule has 3 heterocycles. The van der Waals surface area contributed by atoms with Crippen LogP contribution in [0.5, 0.6) is 0 Å². The second-order valence-corrected chi connectivity index (χ2v) is 12.9. The molecule has 7 rings (SSSR count). The highest BCUT2D eigenvalue weighted by Crippen LogP contribution is 2.47. The average molecular weight is 603 g/mol. The summed E-state index contributed by atoms with van der Waals surface area (Å²) in [5.41, 5.74) is -2.54. The number of rotatable bonds is 8. The zero-order valence-electron chi connectivity index (χ0n) is 25.5. The Labute approximate surface area is 264 Å². The molecule has 2 unspecified atom stereocenters. The second kappa shape index (κ2) is 11.9. The molecule has 0 saturated carbocycles. The van der Waals surface area contributed by atoms with Gasteiger partial charge in [-0.1, -0.05) is 121 Å². The molecule has 1 N–H and O–H groups in total. The van der Waals surface area contributed by atoms with Gasteiger partial charge >= 0.3 is 11.9 Å². The Morgan fingerprint density at radius 3 is 1.42 bits per heavy atom. The lowest BCUT2D eigenvalue weighted by Crippen LogP contribution is -2.60. The Balaban J connectivity index is 1.30. The van der Waals surface area contributed by atoms with Crippen molar-refractivity contribution in [3.05, 3.63) is 144 Å². The number of esters is 2. The molecule has 3 fully saturated rings. The topological polar surface area (TPSA) is 72.8 Å². The van der Waals surface area contributed by atoms with Gasteiger partial charge in [-0.3, -0.25) is 0 Å². The minimum atomic E-state index is -2.19. The van der Waals surface area contributed by atoms with Crippen LogP contribution in [0, 0.1) is 0 Å². The van der Waals surface area contributed by atoms with Crippen molar-refractivity contribution >= 4 is 11.9 Å². The van der Waals surface area contributed by atoms with E-state index in [1.807, 2.05) is 48.5 Å². The lowest BCUT2D eigenvalue weighted by molar-refractivity contribution is -0.956. The number of benzene rings is 4. The van der Waals surface area contributed by atoms with Crippen LogP contribution in [0.25, 0.3) is 0 Å². The second-order valence-electron chi connectivity index (χ2n) is 12.9. The fourth-order valence-electron chi connectivity index (χ4n) is 8.42. The fraction of sp³-hybridized carbons (Fsp3) is 0.333. The third-order valence-electron chi connectivity index (χ3n) is 10.6. The minimum Gasteiger partial charge on any atom is -0.458 e. The molecule has 0 radical (unpaired) electrons. The Morgan fingerprint density at radius 1 is 0.600 bits per heavy atom. The average Bonchev–Trinajstić information content (AvgIpc) is 3.64. The van der Waals surface area contributed by atoms with Crippen molar-refractivity contribution in [2.75, 3.05) is 13.1 Å². The van der Waals surface area contributed by atoms with Crippen molar-refractivity contribution in [3.8, 4) is 0 Å². The number of carbonyl (C=O) groups is 2. The van der Waals surface area contributed by atoms with Crippen LogP contribution in [0.3, 0.4) is 0 Å². The molecule has 2 atom stereocenters. The van der Waals surface area contributed by atoms with Crippen molar-refractivity contribution in [1.82, 2.24) is 0 Å². The van der Waals surface area contributed by atoms with Gasteiger partial charge in [0.25, 0.3) is 5.60 Å². The van der Waals surface area contributed by atoms with E-state index in [2.05, 4.69) is 0 Å². The first kappa shape index (κ1) is 29.5. The van der Waals surface area contributed by atoms with Crippen LogP contribution in [-0.4, -0.2) is 52.8 Å². The minimum absolute atomic E-state index is 0.271. The molecule has 230 valence electrons. The van der Waals surface area contributed by atoms with Crippen LogP contribution in [0.4, 0.5) is 0 Å². The van der Waals surface area contributed by atoms with E-state index in [4.69, 9.17) is 9.47 Å². The molecule has 6 nitrogen and oxygen atoms in total. The summed E-state index contributed by atoms with van der Waals surface area (Å²) in [6.07, 6.45) is 6.22. The summed E-state index contributed by atoms with van der Waals surface area (Å²) in [4.78, 5) is 29.5. The van der Waals surface area contributed by atoms with Crippen molar-refractivity contribution in [3.63, 3.8) is 0 Å². The lowest BCUT2D eigenvalue weighted by Gasteiger charge is -2.47. The third-order valence-corrected chi connectivity index (χ3v) is 10.6. The van der Waals surface area contributed by atoms with Crippen LogP contribution in [-0.2, 0) is 30.3 Å². The molecular weight excluding hydrogens is 562 g/mol. The van der Waals surface area contributed by atoms with E-state index >= 15 is 0 Å². The summed E-state index contributed by atoms with van der Waals surface area (Å²) < 4.78 is 14.1. The fourth-order valence-corrected chi connectivity index (χ4v) is 8.42. The smallest absolute Gasteiger partial charge is 0.360 e. The van der Waals surface area contributed by atoms with E-state index in [1.54, 1.807) is 72.8 Å². The van der Waals surface area contributed by atoms with Gasteiger partial charge in [0.1, 0.15) is 6.10 Å². The molecule has 4 aromatic carbocycles. The maximum Gasteiger partial charge on any atom is 0.360 e. The molecule has 4 aromatic rings. The zero-order valence-corrected chi connectivity index (χ0v) is 25.5. The van der Waals surface area contributed by atoms with Gasteiger partial charge in [0.05, 0.1) is 25.2 Å². The highest BCUT2D eigenvalue weighted by molar-refractivity contribution is 5.92. The predicted octanol–water partition coefficient (Wildman–Crippen LogP) is 6.26. The lowest BCUT2D eigenvalue weighted by atomic mass is 9.83. The monoisotopic (exact) mass is 602 g/mol. The Kier molecular flexibility index (Phi) is 7.80. The number of nitrogens with zero attached hydrogens (tertiary/aromatic N) is 1. The summed E-state index contributed by atoms with van der Waals surface area (Å²) in [5.74, 6) is -1.61. The van der Waals surface area contributed by atoms with E-state index in [-0.39, 0.29) is 6.10 Å². The maximum absolute atomic E-state index is 14.8. The number of piperidine rings is 1. The molecule has 0 aliphatic carbocycles. The van der Waals surface area contributed by atoms with Crippen molar-refractivity contribution in [2.45, 2.75) is 67.9 Å². The summed E-state index contributed by atoms with van der Waals surface area (Å²) in [5, 5.41) is 12.3. The van der Waals surface area contributed by atoms with Crippen LogP contribution in [0.15, 0.2) is 121 Å². The number of quaternary nitrogens is 1. The zero-order chi connectivity index (χ0) is 30.9. The molecule has 6 heteroatoms. The normalized spacial score (nSPS) is 22.2. The van der Waals surface area contributed by atoms with E-state index in [9.17, 15) is 14.7 Å². The van der Waals surface area contributed by atoms with Gasteiger partial charge in [-0.25, -0.2) is 9.59 Å². The van der Waals surface area contributed by atoms with Gasteiger partial charge in [-0.2, -0.15) is 0 Å². The molecular formula is C39H40NO5+. The van der Waals surface area contributed by atoms with Gasteiger partial charge in [0.2, 0.25) is 5.60 Å². The molecule has 3 aliphatic heterocycles. The summed E-state index contributed by atoms with van der Waals surface area (Å²) >= 11 is 0. The quantitative estimate of drug-likeness (QED) is 0.191. The summed E-state index contributed by atoms with van der Waals surface area (Å²) in [7, 11) is 0. The van der Waals surface area contributed by atoms with E-state index < -0.39 is 23.1 Å². The largest absolute Gasteiger partial charge is 0.458 e. The van der Waals surface area contributed by atoms with E-state index in [0.717, 1.165) is 25.7 Å². The van der Waals surface area contributed by atoms with Crippen LogP contribution in [0.1, 0.15) is 60.8 Å². The van der Waals surface area contributed by atoms with E-state index in [1.165, 1.54) is 30.4 Å². The molecule has 1 spiro atoms. The highest BCUT2D eigenvalue weighted by atomic mass is 16.6. The Bertz CT molecular complexity index is 1520. The van der Waals surface area contributed by atoms with Crippen LogP contribution < -0.4 is 0 Å². The van der Waals surface area contributed by atoms with Gasteiger partial charge < -0.3 is 19.1 Å². The molecule has 0 amide bonds. The summed E-state index contributed by atoms with van der Waals surface area (Å²) in [6.45, 7) is 2.45. The Hall–Kier alpha value is -4.26. The first-order valence-electron chi connectivity index (χ1n) is 16.2. The Morgan fingerprint density at radius 2 is 1.00 bits per heavy atom. The maximum atomic E-state index is 14.8. The number of ether oxygens (including phenoxy) is 2. The molecule has 3 saturated heterocycles. The van der Waals surface area contributed by atoms with Gasteiger partial charge in [0.15, 0.2) is 0 Å². The van der Waals surface area contributed by atoms with Crippen molar-refractivity contribution in [1.29, 1.82) is 0 Å². The number of hydrogen-bond donors (Lipinski definition) is 1. The summed E-state index contributed by atoms with van der Waals surface area (Å²) in [6, 6.07) is 36.5. The van der Waals surface area contributed by atoms with Crippen molar-refractivity contribution in [2.24, 2.45) is 0 Å². The van der Waals surface area contributed by atoms with Gasteiger partial charge in [0, 0.05) is 49.7 Å². The van der Waals surface area contributed by atoms with Gasteiger partial charge in [-0.15, -0.1) is 0 Å². The molecule has 0 aromatic heterocycles. The SMILES string of the molecule is O=C(OC(C(=O)OC1CC2CCC(C1)[N+]21CCCC1)(c1ccccc1)c1ccccc1)C(O)(c1ccccc1)c1ccccc1. The predicted molar refractivity (Wildman–Crippen MR) is 171 cm³/mol. The van der Waals surface area contributed by atoms with Gasteiger partial charge in [-0.05, 0) is 11.1 Å². The number of hydrogen-bond acceptors (Lipinski definition) is 5. The molecule has 45 heavy (non-hydrogen) atoms. The first-order valence-corrected chi connectivity index (χ1v) is 16.2. The highest BCUT2D eigenvalue weighted by Gasteiger charge is 2.58. The standard InChI is InChI=1S/C39H40NO5/c41-36(38(43,29-15-5-1-6-16-29)30-17-7-2-8-18-30)45-39(31-19-9-3-10-20-31,32-21-11-4-12-22-32)37(42)44-35-27-33-23-24-34(28-35)40(33)25-13-14-26-40/h1-12,15-22,33-35,43H,13-14,23-28H2/q+1. The molecule has 3 aliphatic rings. The first-order chi connectivity index (χ1) is 22.0. The third kappa shape index (κ3) is 4.97. The van der Waals surface area contributed by atoms with Crippen molar-refractivity contribution < 1.29 is 28.7 Å².